The minimum Gasteiger partial charge on any atom is -0.464 e. The molecule has 1 N–H and O–H groups in total. The lowest BCUT2D eigenvalue weighted by atomic mass is 9.94. The van der Waals surface area contributed by atoms with Gasteiger partial charge in [-0.3, -0.25) is 4.79 Å². The van der Waals surface area contributed by atoms with Crippen LogP contribution in [0.5, 0.6) is 0 Å². The lowest BCUT2D eigenvalue weighted by Crippen LogP contribution is -2.40. The zero-order valence-corrected chi connectivity index (χ0v) is 20.9. The third-order valence-electron chi connectivity index (χ3n) is 5.27. The number of rotatable bonds is 18. The molecule has 0 aromatic heterocycles. The molecule has 0 heterocycles. The van der Waals surface area contributed by atoms with E-state index in [4.69, 9.17) is 9.47 Å². The van der Waals surface area contributed by atoms with Crippen LogP contribution < -0.4 is 0 Å². The van der Waals surface area contributed by atoms with Gasteiger partial charge in [0.2, 0.25) is 0 Å². The van der Waals surface area contributed by atoms with Crippen LogP contribution in [0.2, 0.25) is 0 Å². The van der Waals surface area contributed by atoms with E-state index in [0.717, 1.165) is 32.1 Å². The monoisotopic (exact) mass is 443 g/mol. The average molecular weight is 444 g/mol. The highest BCUT2D eigenvalue weighted by atomic mass is 16.6. The van der Waals surface area contributed by atoms with Gasteiger partial charge in [0.1, 0.15) is 12.2 Å². The number of nitrogens with zero attached hydrogens (tertiary/aromatic N) is 1. The van der Waals surface area contributed by atoms with Gasteiger partial charge in [0, 0.05) is 6.54 Å². The van der Waals surface area contributed by atoms with Crippen molar-refractivity contribution >= 4 is 12.1 Å². The second-order valence-corrected chi connectivity index (χ2v) is 9.46. The topological polar surface area (TPSA) is 76.1 Å². The fourth-order valence-corrected chi connectivity index (χ4v) is 3.48. The van der Waals surface area contributed by atoms with E-state index < -0.39 is 11.7 Å². The molecule has 0 bridgehead atoms. The standard InChI is InChI=1S/C25H49NO5/c1-6-8-10-12-13-15-17-22(16-14-11-9-7-2)23(28)30-21-19-26(18-20-27)24(29)31-25(3,4)5/h22,27H,6-21H2,1-5H3. The Bertz CT molecular complexity index is 461. The van der Waals surface area contributed by atoms with E-state index >= 15 is 0 Å². The molecule has 1 unspecified atom stereocenters. The number of hydrogen-bond donors (Lipinski definition) is 1. The summed E-state index contributed by atoms with van der Waals surface area (Å²) in [6, 6.07) is 0. The summed E-state index contributed by atoms with van der Waals surface area (Å²) < 4.78 is 10.9. The molecule has 0 fully saturated rings. The van der Waals surface area contributed by atoms with Gasteiger partial charge in [-0.2, -0.15) is 0 Å². The molecule has 0 saturated heterocycles. The number of unbranched alkanes of at least 4 members (excludes halogenated alkanes) is 8. The minimum atomic E-state index is -0.609. The molecular weight excluding hydrogens is 394 g/mol. The number of esters is 1. The molecule has 0 rings (SSSR count). The first-order chi connectivity index (χ1) is 14.7. The molecule has 0 aliphatic carbocycles. The Morgan fingerprint density at radius 2 is 1.35 bits per heavy atom. The van der Waals surface area contributed by atoms with E-state index in [2.05, 4.69) is 13.8 Å². The fourth-order valence-electron chi connectivity index (χ4n) is 3.48. The van der Waals surface area contributed by atoms with Crippen molar-refractivity contribution in [1.82, 2.24) is 4.90 Å². The summed E-state index contributed by atoms with van der Waals surface area (Å²) in [5.74, 6) is -0.214. The molecular formula is C25H49NO5. The van der Waals surface area contributed by atoms with Crippen molar-refractivity contribution in [2.45, 2.75) is 117 Å². The van der Waals surface area contributed by atoms with Crippen LogP contribution in [0.15, 0.2) is 0 Å². The van der Waals surface area contributed by atoms with E-state index in [1.807, 2.05) is 0 Å². The van der Waals surface area contributed by atoms with E-state index in [9.17, 15) is 14.7 Å². The summed E-state index contributed by atoms with van der Waals surface area (Å²) in [6.45, 7) is 10.1. The van der Waals surface area contributed by atoms with Crippen LogP contribution in [-0.4, -0.2) is 54.0 Å². The summed E-state index contributed by atoms with van der Waals surface area (Å²) in [6.07, 6.45) is 13.1. The Hall–Kier alpha value is -1.30. The van der Waals surface area contributed by atoms with Crippen LogP contribution in [0.25, 0.3) is 0 Å². The highest BCUT2D eigenvalue weighted by molar-refractivity contribution is 5.72. The normalized spacial score (nSPS) is 12.5. The number of ether oxygens (including phenoxy) is 2. The van der Waals surface area contributed by atoms with Gasteiger partial charge < -0.3 is 19.5 Å². The molecule has 184 valence electrons. The number of carbonyl (C=O) groups is 2. The van der Waals surface area contributed by atoms with Crippen molar-refractivity contribution in [3.05, 3.63) is 0 Å². The molecule has 0 radical (unpaired) electrons. The van der Waals surface area contributed by atoms with Gasteiger partial charge >= 0.3 is 12.1 Å². The van der Waals surface area contributed by atoms with Gasteiger partial charge in [0.05, 0.1) is 19.1 Å². The Balaban J connectivity index is 4.55. The van der Waals surface area contributed by atoms with Crippen molar-refractivity contribution in [3.8, 4) is 0 Å². The van der Waals surface area contributed by atoms with Gasteiger partial charge in [-0.1, -0.05) is 78.1 Å². The van der Waals surface area contributed by atoms with Gasteiger partial charge in [-0.15, -0.1) is 0 Å². The molecule has 1 atom stereocenters. The maximum absolute atomic E-state index is 12.7. The smallest absolute Gasteiger partial charge is 0.410 e. The van der Waals surface area contributed by atoms with Crippen LogP contribution >= 0.6 is 0 Å². The quantitative estimate of drug-likeness (QED) is 0.205. The molecule has 31 heavy (non-hydrogen) atoms. The van der Waals surface area contributed by atoms with Crippen LogP contribution in [-0.2, 0) is 14.3 Å². The van der Waals surface area contributed by atoms with Gasteiger partial charge in [0.25, 0.3) is 0 Å². The highest BCUT2D eigenvalue weighted by Gasteiger charge is 2.23. The lowest BCUT2D eigenvalue weighted by Gasteiger charge is -2.27. The molecule has 0 aliphatic rings. The number of amides is 1. The van der Waals surface area contributed by atoms with E-state index in [-0.39, 0.29) is 38.2 Å². The lowest BCUT2D eigenvalue weighted by molar-refractivity contribution is -0.149. The van der Waals surface area contributed by atoms with Crippen molar-refractivity contribution < 1.29 is 24.2 Å². The third-order valence-corrected chi connectivity index (χ3v) is 5.27. The first kappa shape index (κ1) is 29.7. The largest absolute Gasteiger partial charge is 0.464 e. The molecule has 0 spiro atoms. The SMILES string of the molecule is CCCCCCCCC(CCCCCC)C(=O)OCCN(CCO)C(=O)OC(C)(C)C. The van der Waals surface area contributed by atoms with E-state index in [1.54, 1.807) is 20.8 Å². The van der Waals surface area contributed by atoms with Crippen LogP contribution in [0.4, 0.5) is 4.79 Å². The van der Waals surface area contributed by atoms with Crippen molar-refractivity contribution in [2.24, 2.45) is 5.92 Å². The second kappa shape index (κ2) is 18.3. The number of aliphatic hydroxyl groups is 1. The summed E-state index contributed by atoms with van der Waals surface area (Å²) in [4.78, 5) is 26.4. The van der Waals surface area contributed by atoms with E-state index in [1.165, 1.54) is 49.8 Å². The second-order valence-electron chi connectivity index (χ2n) is 9.46. The molecule has 1 amide bonds. The molecule has 0 aromatic rings. The molecule has 0 saturated carbocycles. The van der Waals surface area contributed by atoms with Crippen LogP contribution in [0.3, 0.4) is 0 Å². The summed E-state index contributed by atoms with van der Waals surface area (Å²) in [5, 5.41) is 9.24. The first-order valence-electron chi connectivity index (χ1n) is 12.5. The van der Waals surface area contributed by atoms with Gasteiger partial charge in [-0.25, -0.2) is 4.79 Å². The molecule has 0 aromatic carbocycles. The molecule has 0 aliphatic heterocycles. The average Bonchev–Trinajstić information content (AvgIpc) is 2.70. The zero-order chi connectivity index (χ0) is 23.5. The zero-order valence-electron chi connectivity index (χ0n) is 20.9. The summed E-state index contributed by atoms with van der Waals surface area (Å²) in [5.41, 5.74) is -0.609. The van der Waals surface area contributed by atoms with Gasteiger partial charge in [-0.05, 0) is 33.6 Å². The predicted molar refractivity (Wildman–Crippen MR) is 126 cm³/mol. The van der Waals surface area contributed by atoms with Crippen molar-refractivity contribution in [2.75, 3.05) is 26.3 Å². The van der Waals surface area contributed by atoms with Crippen molar-refractivity contribution in [1.29, 1.82) is 0 Å². The molecule has 6 nitrogen and oxygen atoms in total. The Kier molecular flexibility index (Phi) is 17.5. The fraction of sp³-hybridized carbons (Fsp3) is 0.920. The summed E-state index contributed by atoms with van der Waals surface area (Å²) >= 11 is 0. The van der Waals surface area contributed by atoms with Crippen LogP contribution in [0.1, 0.15) is 112 Å². The molecule has 6 heteroatoms. The third kappa shape index (κ3) is 17.0. The van der Waals surface area contributed by atoms with Crippen LogP contribution in [0, 0.1) is 5.92 Å². The maximum atomic E-state index is 12.7. The predicted octanol–water partition coefficient (Wildman–Crippen LogP) is 6.10. The number of hydrogen-bond acceptors (Lipinski definition) is 5. The van der Waals surface area contributed by atoms with Gasteiger partial charge in [0.15, 0.2) is 0 Å². The number of aliphatic hydroxyl groups excluding tert-OH is 1. The number of carbonyl (C=O) groups excluding carboxylic acids is 2. The maximum Gasteiger partial charge on any atom is 0.410 e. The Labute approximate surface area is 191 Å². The Morgan fingerprint density at radius 1 is 0.839 bits per heavy atom. The minimum absolute atomic E-state index is 0.0594. The first-order valence-corrected chi connectivity index (χ1v) is 12.5. The van der Waals surface area contributed by atoms with Crippen molar-refractivity contribution in [3.63, 3.8) is 0 Å². The summed E-state index contributed by atoms with van der Waals surface area (Å²) in [7, 11) is 0. The Morgan fingerprint density at radius 3 is 1.87 bits per heavy atom. The highest BCUT2D eigenvalue weighted by Crippen LogP contribution is 2.20. The van der Waals surface area contributed by atoms with E-state index in [0.29, 0.717) is 0 Å².